The molecule has 1 unspecified atom stereocenters. The molecule has 1 heterocycles. The summed E-state index contributed by atoms with van der Waals surface area (Å²) in [6.45, 7) is 13.2. The number of rotatable bonds is 7. The van der Waals surface area contributed by atoms with Crippen molar-refractivity contribution in [1.29, 1.82) is 0 Å². The zero-order valence-electron chi connectivity index (χ0n) is 17.1. The molecule has 0 aromatic heterocycles. The largest absolute Gasteiger partial charge is 0.383 e. The van der Waals surface area contributed by atoms with Gasteiger partial charge in [0.2, 0.25) is 10.0 Å². The van der Waals surface area contributed by atoms with Gasteiger partial charge in [-0.1, -0.05) is 32.9 Å². The van der Waals surface area contributed by atoms with E-state index in [1.807, 2.05) is 26.0 Å². The van der Waals surface area contributed by atoms with Crippen molar-refractivity contribution >= 4 is 10.0 Å². The number of hydrogen-bond donors (Lipinski definition) is 1. The summed E-state index contributed by atoms with van der Waals surface area (Å²) in [5.74, 6) is 0. The molecular formula is C20H34N2O3S. The molecular weight excluding hydrogens is 348 g/mol. The Morgan fingerprint density at radius 2 is 1.85 bits per heavy atom. The monoisotopic (exact) mass is 382 g/mol. The van der Waals surface area contributed by atoms with Gasteiger partial charge in [-0.2, -0.15) is 0 Å². The highest BCUT2D eigenvalue weighted by molar-refractivity contribution is 7.89. The van der Waals surface area contributed by atoms with Crippen molar-refractivity contribution in [2.45, 2.75) is 63.8 Å². The number of benzene rings is 1. The van der Waals surface area contributed by atoms with E-state index in [1.165, 1.54) is 0 Å². The van der Waals surface area contributed by atoms with Gasteiger partial charge in [-0.25, -0.2) is 13.1 Å². The van der Waals surface area contributed by atoms with Crippen molar-refractivity contribution < 1.29 is 13.2 Å². The summed E-state index contributed by atoms with van der Waals surface area (Å²) in [7, 11) is -1.83. The van der Waals surface area contributed by atoms with Crippen LogP contribution < -0.4 is 4.72 Å². The molecule has 0 amide bonds. The number of methoxy groups -OCH3 is 1. The van der Waals surface area contributed by atoms with Crippen molar-refractivity contribution in [3.63, 3.8) is 0 Å². The first kappa shape index (κ1) is 21.4. The molecule has 6 heteroatoms. The summed E-state index contributed by atoms with van der Waals surface area (Å²) in [5, 5.41) is 0. The van der Waals surface area contributed by atoms with Gasteiger partial charge in [-0.05, 0) is 55.3 Å². The highest BCUT2D eigenvalue weighted by Gasteiger charge is 2.28. The highest BCUT2D eigenvalue weighted by Crippen LogP contribution is 2.29. The van der Waals surface area contributed by atoms with Gasteiger partial charge in [-0.3, -0.25) is 4.90 Å². The van der Waals surface area contributed by atoms with Gasteiger partial charge < -0.3 is 4.74 Å². The maximum Gasteiger partial charge on any atom is 0.241 e. The molecule has 1 fully saturated rings. The fourth-order valence-electron chi connectivity index (χ4n) is 3.71. The number of sulfonamides is 1. The molecule has 1 saturated heterocycles. The third kappa shape index (κ3) is 5.06. The summed E-state index contributed by atoms with van der Waals surface area (Å²) < 4.78 is 33.9. The standard InChI is InChI=1S/C20H34N2O3S/c1-15-12-17(20(3,4)5)13-16(2)19(15)26(23,24)21-14-18-8-7-9-22(18)10-11-25-6/h12-13,18,21H,7-11,14H2,1-6H3. The molecule has 1 aromatic rings. The lowest BCUT2D eigenvalue weighted by Crippen LogP contribution is -2.41. The molecule has 1 atom stereocenters. The first-order valence-corrected chi connectivity index (χ1v) is 10.9. The number of nitrogens with one attached hydrogen (secondary N) is 1. The SMILES string of the molecule is COCCN1CCCC1CNS(=O)(=O)c1c(C)cc(C(C)(C)C)cc1C. The molecule has 0 spiro atoms. The van der Waals surface area contributed by atoms with Crippen LogP contribution in [0.2, 0.25) is 0 Å². The van der Waals surface area contributed by atoms with E-state index in [9.17, 15) is 8.42 Å². The zero-order chi connectivity index (χ0) is 19.5. The third-order valence-electron chi connectivity index (χ3n) is 5.19. The summed E-state index contributed by atoms with van der Waals surface area (Å²) in [6, 6.07) is 4.25. The molecule has 148 valence electrons. The van der Waals surface area contributed by atoms with Crippen LogP contribution in [-0.2, 0) is 20.2 Å². The Morgan fingerprint density at radius 1 is 1.23 bits per heavy atom. The van der Waals surface area contributed by atoms with Gasteiger partial charge in [0, 0.05) is 26.2 Å². The van der Waals surface area contributed by atoms with E-state index in [1.54, 1.807) is 7.11 Å². The van der Waals surface area contributed by atoms with Crippen molar-refractivity contribution in [3.8, 4) is 0 Å². The van der Waals surface area contributed by atoms with Gasteiger partial charge >= 0.3 is 0 Å². The van der Waals surface area contributed by atoms with E-state index in [0.717, 1.165) is 42.6 Å². The molecule has 0 bridgehead atoms. The van der Waals surface area contributed by atoms with Crippen molar-refractivity contribution in [2.75, 3.05) is 33.4 Å². The minimum absolute atomic E-state index is 0.00304. The van der Waals surface area contributed by atoms with Crippen LogP contribution in [0.4, 0.5) is 0 Å². The Morgan fingerprint density at radius 3 is 2.38 bits per heavy atom. The van der Waals surface area contributed by atoms with Crippen molar-refractivity contribution in [1.82, 2.24) is 9.62 Å². The molecule has 0 aliphatic carbocycles. The lowest BCUT2D eigenvalue weighted by Gasteiger charge is -2.25. The molecule has 1 aromatic carbocycles. The number of hydrogen-bond acceptors (Lipinski definition) is 4. The molecule has 0 radical (unpaired) electrons. The van der Waals surface area contributed by atoms with Crippen LogP contribution in [0.5, 0.6) is 0 Å². The Hall–Kier alpha value is -0.950. The van der Waals surface area contributed by atoms with Crippen LogP contribution in [0.3, 0.4) is 0 Å². The lowest BCUT2D eigenvalue weighted by molar-refractivity contribution is 0.141. The zero-order valence-corrected chi connectivity index (χ0v) is 17.9. The van der Waals surface area contributed by atoms with E-state index >= 15 is 0 Å². The van der Waals surface area contributed by atoms with E-state index in [2.05, 4.69) is 30.4 Å². The Labute approximate surface area is 159 Å². The highest BCUT2D eigenvalue weighted by atomic mass is 32.2. The predicted octanol–water partition coefficient (Wildman–Crippen LogP) is 2.99. The fourth-order valence-corrected chi connectivity index (χ4v) is 5.24. The summed E-state index contributed by atoms with van der Waals surface area (Å²) in [4.78, 5) is 2.74. The molecule has 0 saturated carbocycles. The Bertz CT molecular complexity index is 700. The number of likely N-dealkylation sites (tertiary alicyclic amines) is 1. The molecule has 2 rings (SSSR count). The summed E-state index contributed by atoms with van der Waals surface area (Å²) in [6.07, 6.45) is 2.13. The van der Waals surface area contributed by atoms with E-state index < -0.39 is 10.0 Å². The number of ether oxygens (including phenoxy) is 1. The second kappa shape index (κ2) is 8.38. The first-order chi connectivity index (χ1) is 12.1. The molecule has 1 aliphatic rings. The number of nitrogens with zero attached hydrogens (tertiary/aromatic N) is 1. The van der Waals surface area contributed by atoms with Crippen LogP contribution >= 0.6 is 0 Å². The summed E-state index contributed by atoms with van der Waals surface area (Å²) in [5.41, 5.74) is 2.78. The molecule has 1 aliphatic heterocycles. The third-order valence-corrected chi connectivity index (χ3v) is 6.91. The lowest BCUT2D eigenvalue weighted by atomic mass is 9.85. The van der Waals surface area contributed by atoms with E-state index in [-0.39, 0.29) is 11.5 Å². The minimum Gasteiger partial charge on any atom is -0.383 e. The predicted molar refractivity (Wildman–Crippen MR) is 106 cm³/mol. The van der Waals surface area contributed by atoms with Gasteiger partial charge in [0.1, 0.15) is 0 Å². The van der Waals surface area contributed by atoms with E-state index in [4.69, 9.17) is 4.74 Å². The van der Waals surface area contributed by atoms with Gasteiger partial charge in [0.15, 0.2) is 0 Å². The van der Waals surface area contributed by atoms with Crippen LogP contribution in [0, 0.1) is 13.8 Å². The van der Waals surface area contributed by atoms with Crippen molar-refractivity contribution in [2.24, 2.45) is 0 Å². The molecule has 5 nitrogen and oxygen atoms in total. The molecule has 26 heavy (non-hydrogen) atoms. The van der Waals surface area contributed by atoms with Crippen LogP contribution in [-0.4, -0.2) is 52.7 Å². The van der Waals surface area contributed by atoms with E-state index in [0.29, 0.717) is 18.0 Å². The average molecular weight is 383 g/mol. The van der Waals surface area contributed by atoms with Gasteiger partial charge in [-0.15, -0.1) is 0 Å². The fraction of sp³-hybridized carbons (Fsp3) is 0.700. The second-order valence-corrected chi connectivity index (χ2v) is 10.1. The topological polar surface area (TPSA) is 58.6 Å². The van der Waals surface area contributed by atoms with Gasteiger partial charge in [0.05, 0.1) is 11.5 Å². The molecule has 1 N–H and O–H groups in total. The first-order valence-electron chi connectivity index (χ1n) is 9.40. The average Bonchev–Trinajstić information content (AvgIpc) is 2.96. The van der Waals surface area contributed by atoms with Crippen LogP contribution in [0.15, 0.2) is 17.0 Å². The van der Waals surface area contributed by atoms with Crippen LogP contribution in [0.1, 0.15) is 50.3 Å². The minimum atomic E-state index is -3.52. The Kier molecular flexibility index (Phi) is 6.88. The van der Waals surface area contributed by atoms with Crippen LogP contribution in [0.25, 0.3) is 0 Å². The second-order valence-electron chi connectivity index (χ2n) is 8.37. The van der Waals surface area contributed by atoms with Gasteiger partial charge in [0.25, 0.3) is 0 Å². The maximum atomic E-state index is 13.0. The smallest absolute Gasteiger partial charge is 0.241 e. The normalized spacial score (nSPS) is 19.2. The quantitative estimate of drug-likeness (QED) is 0.788. The Balaban J connectivity index is 2.15. The van der Waals surface area contributed by atoms with Crippen molar-refractivity contribution in [3.05, 3.63) is 28.8 Å². The maximum absolute atomic E-state index is 13.0. The number of aryl methyl sites for hydroxylation is 2. The summed E-state index contributed by atoms with van der Waals surface area (Å²) >= 11 is 0.